The van der Waals surface area contributed by atoms with Gasteiger partial charge in [0.15, 0.2) is 11.3 Å². The SMILES string of the molecule is O=C(O)C(F)(F)F.[C-]#[N+]c1ccccc1Cn1c(=O)n(C)c2nc(C)cc(N3CCC[C@@H](NC(=O)OC(C)(C)C)C3)c21. The number of para-hydroxylation sites is 1. The van der Waals surface area contributed by atoms with Crippen LogP contribution in [0.1, 0.15) is 44.9 Å². The maximum absolute atomic E-state index is 13.3. The summed E-state index contributed by atoms with van der Waals surface area (Å²) < 4.78 is 40.4. The van der Waals surface area contributed by atoms with Crippen LogP contribution in [0.25, 0.3) is 16.0 Å². The number of benzene rings is 1. The van der Waals surface area contributed by atoms with Crippen LogP contribution in [0, 0.1) is 13.5 Å². The largest absolute Gasteiger partial charge is 0.490 e. The number of fused-ring (bicyclic) bond motifs is 1. The van der Waals surface area contributed by atoms with Crippen LogP contribution in [0.5, 0.6) is 0 Å². The van der Waals surface area contributed by atoms with Gasteiger partial charge in [-0.3, -0.25) is 9.13 Å². The number of ether oxygens (including phenoxy) is 1. The van der Waals surface area contributed by atoms with Crippen molar-refractivity contribution in [2.24, 2.45) is 7.05 Å². The van der Waals surface area contributed by atoms with Gasteiger partial charge < -0.3 is 20.1 Å². The van der Waals surface area contributed by atoms with Crippen LogP contribution >= 0.6 is 0 Å². The number of hydrogen-bond donors (Lipinski definition) is 2. The molecule has 1 fully saturated rings. The minimum atomic E-state index is -5.08. The minimum Gasteiger partial charge on any atom is -0.475 e. The summed E-state index contributed by atoms with van der Waals surface area (Å²) in [5, 5.41) is 10.1. The molecule has 1 atom stereocenters. The summed E-state index contributed by atoms with van der Waals surface area (Å²) in [4.78, 5) is 45.1. The number of carbonyl (C=O) groups is 2. The number of alkyl halides is 3. The molecule has 226 valence electrons. The van der Waals surface area contributed by atoms with Crippen molar-refractivity contribution in [3.63, 3.8) is 0 Å². The lowest BCUT2D eigenvalue weighted by Gasteiger charge is -2.35. The summed E-state index contributed by atoms with van der Waals surface area (Å²) in [5.41, 5.74) is 3.62. The lowest BCUT2D eigenvalue weighted by molar-refractivity contribution is -0.192. The first-order valence-corrected chi connectivity index (χ1v) is 13.1. The molecule has 11 nitrogen and oxygen atoms in total. The van der Waals surface area contributed by atoms with E-state index in [1.807, 2.05) is 52.0 Å². The van der Waals surface area contributed by atoms with Gasteiger partial charge in [-0.1, -0.05) is 24.3 Å². The number of halogens is 3. The molecule has 2 aromatic heterocycles. The number of amides is 1. The Morgan fingerprint density at radius 3 is 2.48 bits per heavy atom. The molecule has 3 aromatic rings. The Hall–Kier alpha value is -4.54. The van der Waals surface area contributed by atoms with Crippen molar-refractivity contribution in [3.05, 3.63) is 63.5 Å². The fourth-order valence-electron chi connectivity index (χ4n) is 4.59. The Labute approximate surface area is 240 Å². The highest BCUT2D eigenvalue weighted by atomic mass is 19.4. The van der Waals surface area contributed by atoms with E-state index in [1.54, 1.807) is 22.2 Å². The number of rotatable bonds is 4. The summed E-state index contributed by atoms with van der Waals surface area (Å²) >= 11 is 0. The number of piperidine rings is 1. The standard InChI is InChI=1S/C26H32N6O3.C2HF3O2/c1-17-14-21(31-13-9-11-19(16-31)29-24(33)35-26(2,3)4)22-23(28-17)30(6)25(34)32(22)15-18-10-7-8-12-20(18)27-5;3-2(4,5)1(6)7/h7-8,10,12,14,19H,9,11,13,15-16H2,1-4,6H3,(H,29,33);(H,6,7)/t19-;/m1./s1. The molecule has 14 heteroatoms. The Morgan fingerprint density at radius 2 is 1.88 bits per heavy atom. The van der Waals surface area contributed by atoms with Crippen molar-refractivity contribution in [3.8, 4) is 0 Å². The fraction of sp³-hybridized carbons (Fsp3) is 0.464. The lowest BCUT2D eigenvalue weighted by atomic mass is 10.0. The van der Waals surface area contributed by atoms with E-state index in [2.05, 4.69) is 20.0 Å². The average Bonchev–Trinajstić information content (AvgIpc) is 3.12. The average molecular weight is 591 g/mol. The number of carboxylic acids is 1. The number of anilines is 1. The van der Waals surface area contributed by atoms with Gasteiger partial charge in [-0.05, 0) is 52.2 Å². The number of carboxylic acid groups (broad SMARTS) is 1. The summed E-state index contributed by atoms with van der Waals surface area (Å²) in [6, 6.07) is 9.26. The lowest BCUT2D eigenvalue weighted by Crippen LogP contribution is -2.49. The van der Waals surface area contributed by atoms with Gasteiger partial charge in [0.05, 0.1) is 12.3 Å². The first kappa shape index (κ1) is 32.0. The van der Waals surface area contributed by atoms with Crippen LogP contribution in [0.4, 0.5) is 29.3 Å². The Balaban J connectivity index is 0.000000616. The number of alkyl carbamates (subject to hydrolysis) is 1. The van der Waals surface area contributed by atoms with Gasteiger partial charge in [-0.2, -0.15) is 13.2 Å². The Kier molecular flexibility index (Phi) is 9.55. The van der Waals surface area contributed by atoms with Gasteiger partial charge >= 0.3 is 23.9 Å². The van der Waals surface area contributed by atoms with Crippen LogP contribution in [0.15, 0.2) is 35.1 Å². The summed E-state index contributed by atoms with van der Waals surface area (Å²) in [7, 11) is 1.72. The van der Waals surface area contributed by atoms with Crippen molar-refractivity contribution < 1.29 is 32.6 Å². The molecule has 0 radical (unpaired) electrons. The maximum atomic E-state index is 13.3. The van der Waals surface area contributed by atoms with E-state index in [0.29, 0.717) is 17.9 Å². The summed E-state index contributed by atoms with van der Waals surface area (Å²) in [6.07, 6.45) is -3.77. The highest BCUT2D eigenvalue weighted by Gasteiger charge is 2.38. The highest BCUT2D eigenvalue weighted by Crippen LogP contribution is 2.30. The van der Waals surface area contributed by atoms with Crippen molar-refractivity contribution in [2.45, 2.75) is 64.9 Å². The van der Waals surface area contributed by atoms with Crippen LogP contribution in [-0.2, 0) is 23.1 Å². The van der Waals surface area contributed by atoms with Crippen molar-refractivity contribution in [1.29, 1.82) is 0 Å². The van der Waals surface area contributed by atoms with Crippen molar-refractivity contribution in [2.75, 3.05) is 18.0 Å². The van der Waals surface area contributed by atoms with E-state index in [1.165, 1.54) is 0 Å². The Bertz CT molecular complexity index is 1570. The van der Waals surface area contributed by atoms with E-state index in [9.17, 15) is 22.8 Å². The zero-order valence-electron chi connectivity index (χ0n) is 23.9. The predicted octanol–water partition coefficient (Wildman–Crippen LogP) is 4.77. The molecular formula is C28H33F3N6O5. The minimum absolute atomic E-state index is 0.0751. The maximum Gasteiger partial charge on any atom is 0.490 e. The number of aliphatic carboxylic acids is 1. The van der Waals surface area contributed by atoms with Crippen LogP contribution in [-0.4, -0.2) is 62.2 Å². The third-order valence-electron chi connectivity index (χ3n) is 6.35. The number of aryl methyl sites for hydroxylation is 2. The molecule has 0 bridgehead atoms. The summed E-state index contributed by atoms with van der Waals surface area (Å²) in [6.45, 7) is 16.6. The highest BCUT2D eigenvalue weighted by molar-refractivity contribution is 5.87. The van der Waals surface area contributed by atoms with Gasteiger partial charge in [0.1, 0.15) is 11.1 Å². The third kappa shape index (κ3) is 7.80. The normalized spacial score (nSPS) is 15.4. The second kappa shape index (κ2) is 12.5. The fourth-order valence-corrected chi connectivity index (χ4v) is 4.59. The molecule has 1 aliphatic heterocycles. The van der Waals surface area contributed by atoms with Gasteiger partial charge in [0, 0.05) is 38.4 Å². The Morgan fingerprint density at radius 1 is 1.24 bits per heavy atom. The number of pyridine rings is 1. The first-order chi connectivity index (χ1) is 19.5. The zero-order valence-corrected chi connectivity index (χ0v) is 23.9. The number of imidazole rings is 1. The van der Waals surface area contributed by atoms with E-state index >= 15 is 0 Å². The van der Waals surface area contributed by atoms with Gasteiger partial charge in [0.25, 0.3) is 0 Å². The molecule has 2 N–H and O–H groups in total. The molecule has 4 rings (SSSR count). The quantitative estimate of drug-likeness (QED) is 0.420. The molecule has 1 aromatic carbocycles. The second-order valence-electron chi connectivity index (χ2n) is 10.9. The number of nitrogens with one attached hydrogen (secondary N) is 1. The molecule has 42 heavy (non-hydrogen) atoms. The van der Waals surface area contributed by atoms with E-state index in [0.717, 1.165) is 41.8 Å². The molecule has 1 saturated heterocycles. The van der Waals surface area contributed by atoms with Gasteiger partial charge in [-0.15, -0.1) is 0 Å². The van der Waals surface area contributed by atoms with E-state index in [-0.39, 0.29) is 18.3 Å². The number of nitrogens with zero attached hydrogens (tertiary/aromatic N) is 5. The van der Waals surface area contributed by atoms with Crippen LogP contribution < -0.4 is 15.9 Å². The first-order valence-electron chi connectivity index (χ1n) is 13.1. The van der Waals surface area contributed by atoms with Gasteiger partial charge in [-0.25, -0.2) is 24.2 Å². The van der Waals surface area contributed by atoms with E-state index < -0.39 is 23.8 Å². The number of hydrogen-bond acceptors (Lipinski definition) is 6. The molecule has 3 heterocycles. The monoisotopic (exact) mass is 590 g/mol. The predicted molar refractivity (Wildman–Crippen MR) is 150 cm³/mol. The van der Waals surface area contributed by atoms with Gasteiger partial charge in [0.2, 0.25) is 0 Å². The van der Waals surface area contributed by atoms with Crippen LogP contribution in [0.3, 0.4) is 0 Å². The molecule has 0 unspecified atom stereocenters. The number of aromatic nitrogens is 3. The smallest absolute Gasteiger partial charge is 0.475 e. The third-order valence-corrected chi connectivity index (χ3v) is 6.35. The topological polar surface area (TPSA) is 123 Å². The molecule has 1 amide bonds. The zero-order chi connectivity index (χ0) is 31.4. The molecule has 0 spiro atoms. The summed E-state index contributed by atoms with van der Waals surface area (Å²) in [5.74, 6) is -2.76. The van der Waals surface area contributed by atoms with E-state index in [4.69, 9.17) is 21.2 Å². The number of carbonyl (C=O) groups excluding carboxylic acids is 1. The molecule has 0 aliphatic carbocycles. The van der Waals surface area contributed by atoms with Crippen molar-refractivity contribution >= 4 is 34.6 Å². The van der Waals surface area contributed by atoms with Crippen LogP contribution in [0.2, 0.25) is 0 Å². The molecule has 0 saturated carbocycles. The molecule has 1 aliphatic rings. The molecular weight excluding hydrogens is 557 g/mol. The second-order valence-corrected chi connectivity index (χ2v) is 10.9. The van der Waals surface area contributed by atoms with Crippen molar-refractivity contribution in [1.82, 2.24) is 19.4 Å².